The minimum Gasteiger partial charge on any atom is -0.385 e. The number of aliphatic hydroxyl groups is 1. The second-order valence-corrected chi connectivity index (χ2v) is 6.77. The Balaban J connectivity index is 1.35. The topological polar surface area (TPSA) is 63.8 Å². The highest BCUT2D eigenvalue weighted by Gasteiger charge is 2.14. The summed E-state index contributed by atoms with van der Waals surface area (Å²) in [5, 5.41) is 25.3. The molecule has 1 aromatic carbocycles. The Kier molecular flexibility index (Phi) is 6.09. The van der Waals surface area contributed by atoms with Crippen molar-refractivity contribution in [3.8, 4) is 5.00 Å². The van der Waals surface area contributed by atoms with Gasteiger partial charge >= 0.3 is 0 Å². The van der Waals surface area contributed by atoms with E-state index in [2.05, 4.69) is 39.7 Å². The number of thiophene rings is 1. The van der Waals surface area contributed by atoms with Gasteiger partial charge in [0.1, 0.15) is 11.1 Å². The van der Waals surface area contributed by atoms with Crippen LogP contribution in [0.25, 0.3) is 5.00 Å². The predicted octanol–water partition coefficient (Wildman–Crippen LogP) is 3.95. The van der Waals surface area contributed by atoms with E-state index in [1.165, 1.54) is 23.2 Å². The lowest BCUT2D eigenvalue weighted by atomic mass is 10.0. The second-order valence-electron chi connectivity index (χ2n) is 5.84. The van der Waals surface area contributed by atoms with Gasteiger partial charge in [0.15, 0.2) is 0 Å². The number of nitrogens with zero attached hydrogens (tertiary/aromatic N) is 4. The number of benzene rings is 1. The Labute approximate surface area is 146 Å². The van der Waals surface area contributed by atoms with Gasteiger partial charge in [-0.2, -0.15) is 0 Å². The number of aryl methyl sites for hydroxylation is 1. The Hall–Kier alpha value is -2.05. The molecule has 3 aromatic rings. The van der Waals surface area contributed by atoms with Crippen LogP contribution in [-0.2, 0) is 6.42 Å². The van der Waals surface area contributed by atoms with Gasteiger partial charge in [-0.3, -0.25) is 0 Å². The van der Waals surface area contributed by atoms with Crippen LogP contribution in [0.4, 0.5) is 0 Å². The molecule has 0 aliphatic rings. The fraction of sp³-hybridized carbons (Fsp3) is 0.389. The molecule has 6 heteroatoms. The van der Waals surface area contributed by atoms with Crippen molar-refractivity contribution < 1.29 is 5.11 Å². The maximum absolute atomic E-state index is 10.2. The monoisotopic (exact) mass is 342 g/mol. The molecule has 1 atom stereocenters. The molecule has 0 saturated carbocycles. The number of unbranched alkanes of at least 4 members (excludes halogenated alkanes) is 3. The van der Waals surface area contributed by atoms with Gasteiger partial charge in [-0.05, 0) is 47.6 Å². The smallest absolute Gasteiger partial charge is 0.203 e. The van der Waals surface area contributed by atoms with Crippen molar-refractivity contribution in [3.63, 3.8) is 0 Å². The van der Waals surface area contributed by atoms with Gasteiger partial charge in [0.25, 0.3) is 0 Å². The largest absolute Gasteiger partial charge is 0.385 e. The van der Waals surface area contributed by atoms with Gasteiger partial charge in [0, 0.05) is 0 Å². The molecule has 0 aliphatic carbocycles. The Bertz CT molecular complexity index is 712. The van der Waals surface area contributed by atoms with Crippen molar-refractivity contribution in [2.24, 2.45) is 0 Å². The average Bonchev–Trinajstić information content (AvgIpc) is 3.29. The third-order valence-corrected chi connectivity index (χ3v) is 4.80. The molecule has 0 fully saturated rings. The van der Waals surface area contributed by atoms with E-state index in [-0.39, 0.29) is 0 Å². The number of hydrogen-bond donors (Lipinski definition) is 1. The molecule has 0 bridgehead atoms. The molecule has 5 nitrogen and oxygen atoms in total. The third kappa shape index (κ3) is 4.72. The number of aliphatic hydroxyl groups excluding tert-OH is 1. The summed E-state index contributed by atoms with van der Waals surface area (Å²) in [6.45, 7) is 0. The first-order valence-corrected chi connectivity index (χ1v) is 9.27. The lowest BCUT2D eigenvalue weighted by Crippen LogP contribution is -2.02. The van der Waals surface area contributed by atoms with E-state index in [9.17, 15) is 5.11 Å². The standard InChI is InChI=1S/C18H22N4OS/c23-16(18-19-21-22(20-18)17-13-8-14-24-17)12-7-2-1-4-9-15-10-5-3-6-11-15/h3,5-6,8,10-11,13-14,16,23H,1-2,4,7,9,12H2. The van der Waals surface area contributed by atoms with Crippen LogP contribution in [0.2, 0.25) is 0 Å². The van der Waals surface area contributed by atoms with Crippen molar-refractivity contribution in [2.75, 3.05) is 0 Å². The van der Waals surface area contributed by atoms with Crippen LogP contribution in [0.3, 0.4) is 0 Å². The molecule has 0 aliphatic heterocycles. The predicted molar refractivity (Wildman–Crippen MR) is 95.2 cm³/mol. The van der Waals surface area contributed by atoms with Crippen molar-refractivity contribution in [1.82, 2.24) is 20.2 Å². The average molecular weight is 342 g/mol. The molecular weight excluding hydrogens is 320 g/mol. The van der Waals surface area contributed by atoms with Crippen LogP contribution in [0.5, 0.6) is 0 Å². The molecule has 0 amide bonds. The van der Waals surface area contributed by atoms with Crippen molar-refractivity contribution >= 4 is 11.3 Å². The van der Waals surface area contributed by atoms with Crippen LogP contribution < -0.4 is 0 Å². The molecule has 126 valence electrons. The van der Waals surface area contributed by atoms with Crippen LogP contribution in [0, 0.1) is 0 Å². The van der Waals surface area contributed by atoms with Crippen molar-refractivity contribution in [1.29, 1.82) is 0 Å². The van der Waals surface area contributed by atoms with E-state index in [0.29, 0.717) is 12.2 Å². The molecule has 1 N–H and O–H groups in total. The summed E-state index contributed by atoms with van der Waals surface area (Å²) in [7, 11) is 0. The first-order chi connectivity index (χ1) is 11.8. The molecule has 3 rings (SSSR count). The first kappa shape index (κ1) is 16.8. The number of hydrogen-bond acceptors (Lipinski definition) is 5. The highest BCUT2D eigenvalue weighted by Crippen LogP contribution is 2.18. The molecule has 0 saturated heterocycles. The minimum atomic E-state index is -0.632. The zero-order chi connectivity index (χ0) is 16.6. The molecule has 0 radical (unpaired) electrons. The fourth-order valence-electron chi connectivity index (χ4n) is 2.63. The van der Waals surface area contributed by atoms with Crippen molar-refractivity contribution in [2.45, 2.75) is 44.6 Å². The van der Waals surface area contributed by atoms with E-state index < -0.39 is 6.10 Å². The summed E-state index contributed by atoms with van der Waals surface area (Å²) in [6, 6.07) is 14.4. The number of tetrazole rings is 1. The molecular formula is C18H22N4OS. The van der Waals surface area contributed by atoms with Gasteiger partial charge in [0.05, 0.1) is 0 Å². The number of aromatic nitrogens is 4. The maximum Gasteiger partial charge on any atom is 0.203 e. The van der Waals surface area contributed by atoms with Crippen LogP contribution in [-0.4, -0.2) is 25.3 Å². The van der Waals surface area contributed by atoms with Crippen LogP contribution >= 0.6 is 11.3 Å². The Morgan fingerprint density at radius 1 is 1.00 bits per heavy atom. The van der Waals surface area contributed by atoms with Gasteiger partial charge < -0.3 is 5.11 Å². The highest BCUT2D eigenvalue weighted by atomic mass is 32.1. The van der Waals surface area contributed by atoms with Gasteiger partial charge in [-0.15, -0.1) is 26.3 Å². The number of rotatable bonds is 9. The second kappa shape index (κ2) is 8.70. The normalized spacial score (nSPS) is 12.4. The van der Waals surface area contributed by atoms with Crippen LogP contribution in [0.15, 0.2) is 47.8 Å². The first-order valence-electron chi connectivity index (χ1n) is 8.39. The SMILES string of the molecule is OC(CCCCCCc1ccccc1)c1nnn(-c2cccs2)n1. The molecule has 0 spiro atoms. The van der Waals surface area contributed by atoms with E-state index >= 15 is 0 Å². The van der Waals surface area contributed by atoms with Gasteiger partial charge in [-0.1, -0.05) is 49.6 Å². The lowest BCUT2D eigenvalue weighted by molar-refractivity contribution is 0.153. The summed E-state index contributed by atoms with van der Waals surface area (Å²) in [5.41, 5.74) is 1.40. The van der Waals surface area contributed by atoms with E-state index in [0.717, 1.165) is 24.3 Å². The summed E-state index contributed by atoms with van der Waals surface area (Å²) in [5.74, 6) is 0.410. The van der Waals surface area contributed by atoms with Gasteiger partial charge in [0.2, 0.25) is 5.82 Å². The summed E-state index contributed by atoms with van der Waals surface area (Å²) >= 11 is 1.54. The quantitative estimate of drug-likeness (QED) is 0.598. The maximum atomic E-state index is 10.2. The fourth-order valence-corrected chi connectivity index (χ4v) is 3.26. The van der Waals surface area contributed by atoms with Crippen molar-refractivity contribution in [3.05, 3.63) is 59.2 Å². The minimum absolute atomic E-state index is 0.410. The summed E-state index contributed by atoms with van der Waals surface area (Å²) < 4.78 is 0. The molecule has 24 heavy (non-hydrogen) atoms. The summed E-state index contributed by atoms with van der Waals surface area (Å²) in [4.78, 5) is 1.48. The third-order valence-electron chi connectivity index (χ3n) is 3.97. The zero-order valence-corrected chi connectivity index (χ0v) is 14.4. The summed E-state index contributed by atoms with van der Waals surface area (Å²) in [6.07, 6.45) is 5.63. The van der Waals surface area contributed by atoms with E-state index in [1.807, 2.05) is 23.6 Å². The molecule has 2 heterocycles. The lowest BCUT2D eigenvalue weighted by Gasteiger charge is -2.06. The highest BCUT2D eigenvalue weighted by molar-refractivity contribution is 7.12. The zero-order valence-electron chi connectivity index (χ0n) is 13.6. The Morgan fingerprint density at radius 3 is 2.62 bits per heavy atom. The van der Waals surface area contributed by atoms with E-state index in [4.69, 9.17) is 0 Å². The van der Waals surface area contributed by atoms with Gasteiger partial charge in [-0.25, -0.2) is 0 Å². The Morgan fingerprint density at radius 2 is 1.83 bits per heavy atom. The molecule has 1 unspecified atom stereocenters. The van der Waals surface area contributed by atoms with Crippen LogP contribution in [0.1, 0.15) is 49.6 Å². The van der Waals surface area contributed by atoms with E-state index in [1.54, 1.807) is 11.3 Å². The molecule has 2 aromatic heterocycles.